The summed E-state index contributed by atoms with van der Waals surface area (Å²) in [6, 6.07) is 5.57. The molecule has 1 aromatic rings. The van der Waals surface area contributed by atoms with E-state index in [-0.39, 0.29) is 0 Å². The number of benzene rings is 1. The van der Waals surface area contributed by atoms with Crippen molar-refractivity contribution in [2.75, 3.05) is 18.0 Å². The average Bonchev–Trinajstić information content (AvgIpc) is 2.58. The maximum absolute atomic E-state index is 9.94. The van der Waals surface area contributed by atoms with Gasteiger partial charge in [-0.3, -0.25) is 0 Å². The van der Waals surface area contributed by atoms with Gasteiger partial charge in [-0.2, -0.15) is 0 Å². The molecule has 0 aromatic heterocycles. The topological polar surface area (TPSA) is 43.7 Å². The second-order valence-corrected chi connectivity index (χ2v) is 5.46. The van der Waals surface area contributed by atoms with E-state index in [2.05, 4.69) is 4.90 Å². The van der Waals surface area contributed by atoms with Gasteiger partial charge in [-0.25, -0.2) is 0 Å². The summed E-state index contributed by atoms with van der Waals surface area (Å²) in [5, 5.41) is 20.0. The minimum atomic E-state index is -0.633. The van der Waals surface area contributed by atoms with Gasteiger partial charge in [0.1, 0.15) is 0 Å². The summed E-state index contributed by atoms with van der Waals surface area (Å²) in [5.74, 6) is 0. The Bertz CT molecular complexity index is 418. The molecule has 0 bridgehead atoms. The van der Waals surface area contributed by atoms with E-state index < -0.39 is 11.7 Å². The summed E-state index contributed by atoms with van der Waals surface area (Å²) in [6.45, 7) is 4.96. The van der Waals surface area contributed by atoms with Crippen LogP contribution in [0.1, 0.15) is 31.9 Å². The molecule has 3 nitrogen and oxygen atoms in total. The molecule has 0 aliphatic carbocycles. The first-order valence-corrected chi connectivity index (χ1v) is 6.22. The number of halogens is 1. The van der Waals surface area contributed by atoms with Crippen LogP contribution < -0.4 is 4.90 Å². The highest BCUT2D eigenvalue weighted by Crippen LogP contribution is 2.33. The summed E-state index contributed by atoms with van der Waals surface area (Å²) in [5.41, 5.74) is 1.10. The lowest BCUT2D eigenvalue weighted by molar-refractivity contribution is 0.0839. The molecule has 94 valence electrons. The van der Waals surface area contributed by atoms with E-state index in [9.17, 15) is 10.2 Å². The highest BCUT2D eigenvalue weighted by Gasteiger charge is 2.32. The van der Waals surface area contributed by atoms with Gasteiger partial charge in [0.2, 0.25) is 0 Å². The number of rotatable bonds is 2. The third-order valence-corrected chi connectivity index (χ3v) is 3.55. The highest BCUT2D eigenvalue weighted by molar-refractivity contribution is 6.33. The molecule has 0 radical (unpaired) electrons. The third kappa shape index (κ3) is 2.73. The van der Waals surface area contributed by atoms with Crippen LogP contribution in [0.2, 0.25) is 5.02 Å². The average molecular weight is 256 g/mol. The van der Waals surface area contributed by atoms with Crippen LogP contribution in [-0.2, 0) is 0 Å². The van der Waals surface area contributed by atoms with E-state index in [1.165, 1.54) is 0 Å². The fourth-order valence-corrected chi connectivity index (χ4v) is 2.50. The molecule has 1 heterocycles. The Morgan fingerprint density at radius 3 is 2.65 bits per heavy atom. The molecule has 0 spiro atoms. The molecule has 1 aromatic carbocycles. The minimum Gasteiger partial charge on any atom is -0.389 e. The molecule has 2 rings (SSSR count). The van der Waals surface area contributed by atoms with Crippen molar-refractivity contribution >= 4 is 17.3 Å². The zero-order chi connectivity index (χ0) is 12.6. The van der Waals surface area contributed by atoms with E-state index in [0.717, 1.165) is 24.2 Å². The quantitative estimate of drug-likeness (QED) is 0.853. The highest BCUT2D eigenvalue weighted by atomic mass is 35.5. The number of hydrogen-bond donors (Lipinski definition) is 2. The fourth-order valence-electron chi connectivity index (χ4n) is 2.19. The van der Waals surface area contributed by atoms with Crippen molar-refractivity contribution in [1.82, 2.24) is 0 Å². The normalized spacial score (nSPS) is 26.3. The Balaban J connectivity index is 2.23. The molecule has 1 aliphatic rings. The molecule has 2 atom stereocenters. The second kappa shape index (κ2) is 4.48. The van der Waals surface area contributed by atoms with Gasteiger partial charge in [0, 0.05) is 13.1 Å². The van der Waals surface area contributed by atoms with E-state index in [0.29, 0.717) is 11.6 Å². The van der Waals surface area contributed by atoms with Gasteiger partial charge in [-0.1, -0.05) is 17.7 Å². The first kappa shape index (κ1) is 12.7. The maximum atomic E-state index is 9.94. The van der Waals surface area contributed by atoms with Crippen LogP contribution in [0.25, 0.3) is 0 Å². The molecule has 1 saturated heterocycles. The summed E-state index contributed by atoms with van der Waals surface area (Å²) in [6.07, 6.45) is 0.241. The van der Waals surface area contributed by atoms with E-state index in [1.807, 2.05) is 19.1 Å². The number of β-amino-alcohol motifs (C(OH)–C–C–N with tert-alkyl or cyclic N) is 1. The number of hydrogen-bond acceptors (Lipinski definition) is 3. The van der Waals surface area contributed by atoms with Crippen molar-refractivity contribution in [2.24, 2.45) is 0 Å². The standard InChI is InChI=1S/C13H18ClNO2/c1-9(16)10-3-4-12(11(14)7-10)15-6-5-13(2,17)8-15/h3-4,7,9,16-17H,5-6,8H2,1-2H3. The molecule has 2 N–H and O–H groups in total. The summed E-state index contributed by atoms with van der Waals surface area (Å²) in [7, 11) is 0. The summed E-state index contributed by atoms with van der Waals surface area (Å²) < 4.78 is 0. The van der Waals surface area contributed by atoms with Crippen LogP contribution in [0.3, 0.4) is 0 Å². The van der Waals surface area contributed by atoms with Gasteiger partial charge in [-0.15, -0.1) is 0 Å². The summed E-state index contributed by atoms with van der Waals surface area (Å²) >= 11 is 6.21. The lowest BCUT2D eigenvalue weighted by Crippen LogP contribution is -2.29. The molecule has 1 aliphatic heterocycles. The van der Waals surface area contributed by atoms with E-state index >= 15 is 0 Å². The molecule has 1 fully saturated rings. The smallest absolute Gasteiger partial charge is 0.0810 e. The Labute approximate surface area is 107 Å². The van der Waals surface area contributed by atoms with Crippen molar-refractivity contribution in [3.63, 3.8) is 0 Å². The molecule has 0 saturated carbocycles. The molecule has 0 amide bonds. The van der Waals surface area contributed by atoms with Crippen molar-refractivity contribution < 1.29 is 10.2 Å². The molecular weight excluding hydrogens is 238 g/mol. The third-order valence-electron chi connectivity index (χ3n) is 3.25. The van der Waals surface area contributed by atoms with Crippen molar-refractivity contribution in [3.8, 4) is 0 Å². The second-order valence-electron chi connectivity index (χ2n) is 5.06. The van der Waals surface area contributed by atoms with Crippen LogP contribution in [0.5, 0.6) is 0 Å². The monoisotopic (exact) mass is 255 g/mol. The van der Waals surface area contributed by atoms with Gasteiger partial charge in [-0.05, 0) is 38.0 Å². The predicted octanol–water partition coefficient (Wildman–Crippen LogP) is 2.35. The predicted molar refractivity (Wildman–Crippen MR) is 69.5 cm³/mol. The lowest BCUT2D eigenvalue weighted by atomic mass is 10.1. The molecule has 2 unspecified atom stereocenters. The van der Waals surface area contributed by atoms with Crippen molar-refractivity contribution in [1.29, 1.82) is 0 Å². The van der Waals surface area contributed by atoms with Gasteiger partial charge >= 0.3 is 0 Å². The van der Waals surface area contributed by atoms with Crippen LogP contribution >= 0.6 is 11.6 Å². The fraction of sp³-hybridized carbons (Fsp3) is 0.538. The van der Waals surface area contributed by atoms with Gasteiger partial charge < -0.3 is 15.1 Å². The van der Waals surface area contributed by atoms with E-state index in [4.69, 9.17) is 11.6 Å². The Morgan fingerprint density at radius 1 is 1.47 bits per heavy atom. The first-order chi connectivity index (χ1) is 7.89. The van der Waals surface area contributed by atoms with Gasteiger partial charge in [0.15, 0.2) is 0 Å². The number of nitrogens with zero attached hydrogens (tertiary/aromatic N) is 1. The number of aliphatic hydroxyl groups excluding tert-OH is 1. The zero-order valence-corrected chi connectivity index (χ0v) is 10.9. The van der Waals surface area contributed by atoms with Crippen LogP contribution in [-0.4, -0.2) is 28.9 Å². The zero-order valence-electron chi connectivity index (χ0n) is 10.2. The van der Waals surface area contributed by atoms with Crippen molar-refractivity contribution in [3.05, 3.63) is 28.8 Å². The van der Waals surface area contributed by atoms with Gasteiger partial charge in [0.05, 0.1) is 22.4 Å². The van der Waals surface area contributed by atoms with E-state index in [1.54, 1.807) is 13.0 Å². The molecule has 4 heteroatoms. The van der Waals surface area contributed by atoms with Crippen LogP contribution in [0, 0.1) is 0 Å². The van der Waals surface area contributed by atoms with Crippen molar-refractivity contribution in [2.45, 2.75) is 32.0 Å². The van der Waals surface area contributed by atoms with Crippen LogP contribution in [0.15, 0.2) is 18.2 Å². The summed E-state index contributed by atoms with van der Waals surface area (Å²) in [4.78, 5) is 2.08. The Morgan fingerprint density at radius 2 is 2.18 bits per heavy atom. The molecule has 17 heavy (non-hydrogen) atoms. The number of aliphatic hydroxyl groups is 2. The number of anilines is 1. The van der Waals surface area contributed by atoms with Crippen LogP contribution in [0.4, 0.5) is 5.69 Å². The van der Waals surface area contributed by atoms with Gasteiger partial charge in [0.25, 0.3) is 0 Å². The largest absolute Gasteiger partial charge is 0.389 e. The first-order valence-electron chi connectivity index (χ1n) is 5.84. The Kier molecular flexibility index (Phi) is 3.34. The minimum absolute atomic E-state index is 0.511. The maximum Gasteiger partial charge on any atom is 0.0810 e. The Hall–Kier alpha value is -0.770. The lowest BCUT2D eigenvalue weighted by Gasteiger charge is -2.22. The SMILES string of the molecule is CC(O)c1ccc(N2CCC(C)(O)C2)c(Cl)c1. The molecular formula is C13H18ClNO2.